The second kappa shape index (κ2) is 11.9. The standard InChI is InChI=1S/C34H32O8/c1-39-23-15-21(35)16-24(40-2)29(23)33(37)31-27(19-11-7-5-8-12-19)28(20-13-9-6-10-14-20)32(31)34(38)30-25(41-3)17-22(36)18-26(30)42-4/h5-18,27-28,31-32,35-36H,1-4H3. The van der Waals surface area contributed by atoms with E-state index in [0.717, 1.165) is 11.1 Å². The molecule has 2 N–H and O–H groups in total. The molecule has 216 valence electrons. The highest BCUT2D eigenvalue weighted by Crippen LogP contribution is 2.61. The molecule has 0 amide bonds. The molecule has 8 heteroatoms. The molecule has 0 bridgehead atoms. The molecule has 8 nitrogen and oxygen atoms in total. The summed E-state index contributed by atoms with van der Waals surface area (Å²) in [6.07, 6.45) is 0. The fourth-order valence-corrected chi connectivity index (χ4v) is 6.20. The molecule has 4 atom stereocenters. The van der Waals surface area contributed by atoms with Gasteiger partial charge in [-0.3, -0.25) is 9.59 Å². The van der Waals surface area contributed by atoms with Crippen molar-refractivity contribution < 1.29 is 38.7 Å². The minimum Gasteiger partial charge on any atom is -0.508 e. The summed E-state index contributed by atoms with van der Waals surface area (Å²) in [6.45, 7) is 0. The highest BCUT2D eigenvalue weighted by Gasteiger charge is 2.59. The number of rotatable bonds is 10. The van der Waals surface area contributed by atoms with Crippen molar-refractivity contribution in [3.05, 3.63) is 107 Å². The number of phenols is 2. The molecule has 1 aliphatic rings. The summed E-state index contributed by atoms with van der Waals surface area (Å²) >= 11 is 0. The molecular weight excluding hydrogens is 536 g/mol. The molecule has 0 aromatic heterocycles. The first kappa shape index (κ1) is 28.5. The zero-order valence-electron chi connectivity index (χ0n) is 23.7. The van der Waals surface area contributed by atoms with Crippen LogP contribution in [0.15, 0.2) is 84.9 Å². The van der Waals surface area contributed by atoms with Gasteiger partial charge >= 0.3 is 0 Å². The lowest BCUT2D eigenvalue weighted by atomic mass is 9.49. The van der Waals surface area contributed by atoms with E-state index < -0.39 is 11.8 Å². The predicted octanol–water partition coefficient (Wildman–Crippen LogP) is 6.01. The molecule has 4 aromatic rings. The van der Waals surface area contributed by atoms with Gasteiger partial charge in [0, 0.05) is 47.9 Å². The van der Waals surface area contributed by atoms with E-state index in [1.54, 1.807) is 0 Å². The highest BCUT2D eigenvalue weighted by molar-refractivity contribution is 6.11. The maximum absolute atomic E-state index is 14.7. The Labute approximate surface area is 244 Å². The second-order valence-electron chi connectivity index (χ2n) is 10.1. The number of Topliss-reactive ketones (excluding diaryl/α,β-unsaturated/α-hetero) is 2. The van der Waals surface area contributed by atoms with Gasteiger partial charge in [0.25, 0.3) is 0 Å². The van der Waals surface area contributed by atoms with Crippen molar-refractivity contribution in [3.8, 4) is 34.5 Å². The minimum atomic E-state index is -0.847. The molecular formula is C34H32O8. The molecule has 0 spiro atoms. The Morgan fingerprint density at radius 1 is 0.524 bits per heavy atom. The van der Waals surface area contributed by atoms with Gasteiger partial charge in [0.05, 0.1) is 28.4 Å². The van der Waals surface area contributed by atoms with Crippen LogP contribution in [0.25, 0.3) is 0 Å². The number of ketones is 2. The number of hydrogen-bond donors (Lipinski definition) is 2. The summed E-state index contributed by atoms with van der Waals surface area (Å²) in [4.78, 5) is 29.3. The van der Waals surface area contributed by atoms with E-state index in [2.05, 4.69) is 0 Å². The Balaban J connectivity index is 1.75. The Bertz CT molecular complexity index is 1430. The zero-order valence-corrected chi connectivity index (χ0v) is 23.7. The van der Waals surface area contributed by atoms with Gasteiger partial charge in [-0.1, -0.05) is 60.7 Å². The number of benzene rings is 4. The maximum Gasteiger partial charge on any atom is 0.174 e. The summed E-state index contributed by atoms with van der Waals surface area (Å²) in [5.74, 6) is -2.88. The number of carbonyl (C=O) groups excluding carboxylic acids is 2. The van der Waals surface area contributed by atoms with Crippen LogP contribution in [-0.2, 0) is 0 Å². The predicted molar refractivity (Wildman–Crippen MR) is 156 cm³/mol. The first-order valence-corrected chi connectivity index (χ1v) is 13.4. The molecule has 0 saturated heterocycles. The fourth-order valence-electron chi connectivity index (χ4n) is 6.20. The lowest BCUT2D eigenvalue weighted by molar-refractivity contribution is 0.0448. The molecule has 1 saturated carbocycles. The van der Waals surface area contributed by atoms with Crippen molar-refractivity contribution in [2.75, 3.05) is 28.4 Å². The van der Waals surface area contributed by atoms with E-state index in [4.69, 9.17) is 18.9 Å². The van der Waals surface area contributed by atoms with Gasteiger partial charge in [-0.15, -0.1) is 0 Å². The van der Waals surface area contributed by atoms with Crippen LogP contribution < -0.4 is 18.9 Å². The van der Waals surface area contributed by atoms with Crippen LogP contribution in [0.2, 0.25) is 0 Å². The molecule has 0 radical (unpaired) electrons. The highest BCUT2D eigenvalue weighted by atomic mass is 16.5. The summed E-state index contributed by atoms with van der Waals surface area (Å²) in [7, 11) is 5.62. The van der Waals surface area contributed by atoms with Crippen molar-refractivity contribution in [1.82, 2.24) is 0 Å². The van der Waals surface area contributed by atoms with E-state index >= 15 is 0 Å². The average molecular weight is 569 g/mol. The first-order chi connectivity index (χ1) is 20.3. The fraction of sp³-hybridized carbons (Fsp3) is 0.235. The monoisotopic (exact) mass is 568 g/mol. The van der Waals surface area contributed by atoms with Crippen LogP contribution in [0.1, 0.15) is 43.7 Å². The Morgan fingerprint density at radius 3 is 1.07 bits per heavy atom. The van der Waals surface area contributed by atoms with Gasteiger partial charge in [-0.25, -0.2) is 0 Å². The molecule has 4 aromatic carbocycles. The van der Waals surface area contributed by atoms with Gasteiger partial charge in [0.1, 0.15) is 45.6 Å². The van der Waals surface area contributed by atoms with Gasteiger partial charge in [0.2, 0.25) is 0 Å². The van der Waals surface area contributed by atoms with Gasteiger partial charge < -0.3 is 29.2 Å². The number of methoxy groups -OCH3 is 4. The molecule has 5 rings (SSSR count). The SMILES string of the molecule is COc1cc(O)cc(OC)c1C(=O)C1C(C(=O)c2c(OC)cc(O)cc2OC)C(c2ccccc2)C1c1ccccc1. The van der Waals surface area contributed by atoms with Crippen LogP contribution in [0, 0.1) is 11.8 Å². The van der Waals surface area contributed by atoms with Crippen LogP contribution in [0.3, 0.4) is 0 Å². The Hall–Kier alpha value is -4.98. The number of carbonyl (C=O) groups is 2. The molecule has 0 aliphatic heterocycles. The van der Waals surface area contributed by atoms with Crippen LogP contribution in [-0.4, -0.2) is 50.2 Å². The first-order valence-electron chi connectivity index (χ1n) is 13.4. The third kappa shape index (κ3) is 4.89. The van der Waals surface area contributed by atoms with Crippen molar-refractivity contribution in [3.63, 3.8) is 0 Å². The van der Waals surface area contributed by atoms with E-state index in [0.29, 0.717) is 0 Å². The summed E-state index contributed by atoms with van der Waals surface area (Å²) in [5.41, 5.74) is 2.07. The lowest BCUT2D eigenvalue weighted by Gasteiger charge is -2.51. The topological polar surface area (TPSA) is 112 Å². The van der Waals surface area contributed by atoms with E-state index in [1.807, 2.05) is 60.7 Å². The third-order valence-corrected chi connectivity index (χ3v) is 8.00. The Morgan fingerprint density at radius 2 is 0.810 bits per heavy atom. The van der Waals surface area contributed by atoms with Gasteiger partial charge in [-0.2, -0.15) is 0 Å². The summed E-state index contributed by atoms with van der Waals surface area (Å²) in [5, 5.41) is 20.5. The number of aromatic hydroxyl groups is 2. The van der Waals surface area contributed by atoms with Crippen molar-refractivity contribution in [2.24, 2.45) is 11.8 Å². The molecule has 1 aliphatic carbocycles. The van der Waals surface area contributed by atoms with Crippen LogP contribution in [0.4, 0.5) is 0 Å². The molecule has 4 unspecified atom stereocenters. The molecule has 1 fully saturated rings. The minimum absolute atomic E-state index is 0.123. The number of phenolic OH excluding ortho intramolecular Hbond substituents is 2. The van der Waals surface area contributed by atoms with Gasteiger partial charge in [-0.05, 0) is 11.1 Å². The van der Waals surface area contributed by atoms with Crippen molar-refractivity contribution in [2.45, 2.75) is 11.8 Å². The van der Waals surface area contributed by atoms with Crippen molar-refractivity contribution >= 4 is 11.6 Å². The lowest BCUT2D eigenvalue weighted by Crippen LogP contribution is -2.51. The third-order valence-electron chi connectivity index (χ3n) is 8.00. The number of hydrogen-bond acceptors (Lipinski definition) is 8. The Kier molecular flexibility index (Phi) is 8.06. The maximum atomic E-state index is 14.7. The number of ether oxygens (including phenoxy) is 4. The summed E-state index contributed by atoms with van der Waals surface area (Å²) in [6, 6.07) is 24.6. The van der Waals surface area contributed by atoms with Crippen LogP contribution >= 0.6 is 0 Å². The quantitative estimate of drug-likeness (QED) is 0.224. The second-order valence-corrected chi connectivity index (χ2v) is 10.1. The van der Waals surface area contributed by atoms with Gasteiger partial charge in [0.15, 0.2) is 11.6 Å². The van der Waals surface area contributed by atoms with E-state index in [1.165, 1.54) is 52.7 Å². The normalized spacial score (nSPS) is 19.3. The largest absolute Gasteiger partial charge is 0.508 e. The average Bonchev–Trinajstić information content (AvgIpc) is 3.00. The zero-order chi connectivity index (χ0) is 30.0. The van der Waals surface area contributed by atoms with Crippen LogP contribution in [0.5, 0.6) is 34.5 Å². The van der Waals surface area contributed by atoms with E-state index in [-0.39, 0.29) is 69.0 Å². The van der Waals surface area contributed by atoms with Crippen molar-refractivity contribution in [1.29, 1.82) is 0 Å². The summed E-state index contributed by atoms with van der Waals surface area (Å²) < 4.78 is 22.1. The smallest absolute Gasteiger partial charge is 0.174 e. The molecule has 42 heavy (non-hydrogen) atoms. The molecule has 0 heterocycles. The van der Waals surface area contributed by atoms with E-state index in [9.17, 15) is 19.8 Å².